The number of aliphatic carboxylic acids is 1. The van der Waals surface area contributed by atoms with E-state index in [1.807, 2.05) is 32.0 Å². The molecule has 6 heteroatoms. The predicted octanol–water partition coefficient (Wildman–Crippen LogP) is 2.81. The summed E-state index contributed by atoms with van der Waals surface area (Å²) in [5, 5.41) is 14.5. The monoisotopic (exact) mass is 298 g/mol. The topological polar surface area (TPSA) is 78.4 Å². The van der Waals surface area contributed by atoms with E-state index >= 15 is 0 Å². The molecule has 1 atom stereocenters. The Morgan fingerprint density at radius 1 is 1.30 bits per heavy atom. The lowest BCUT2D eigenvalue weighted by atomic mass is 9.96. The molecule has 1 aromatic rings. The van der Waals surface area contributed by atoms with Crippen molar-refractivity contribution in [2.24, 2.45) is 5.92 Å². The van der Waals surface area contributed by atoms with Crippen molar-refractivity contribution in [3.05, 3.63) is 34.9 Å². The van der Waals surface area contributed by atoms with Crippen molar-refractivity contribution in [3.8, 4) is 0 Å². The molecule has 3 N–H and O–H groups in total. The van der Waals surface area contributed by atoms with Crippen LogP contribution in [0.5, 0.6) is 0 Å². The maximum absolute atomic E-state index is 11.8. The van der Waals surface area contributed by atoms with Crippen LogP contribution in [-0.2, 0) is 4.79 Å². The summed E-state index contributed by atoms with van der Waals surface area (Å²) in [7, 11) is 0. The Balaban J connectivity index is 2.67. The Bertz CT molecular complexity index is 477. The highest BCUT2D eigenvalue weighted by Gasteiger charge is 2.20. The largest absolute Gasteiger partial charge is 0.481 e. The first-order valence-electron chi connectivity index (χ1n) is 6.42. The van der Waals surface area contributed by atoms with Crippen LogP contribution in [-0.4, -0.2) is 23.7 Å². The number of carboxylic acid groups (broad SMARTS) is 1. The first-order valence-corrected chi connectivity index (χ1v) is 6.80. The summed E-state index contributed by atoms with van der Waals surface area (Å²) < 4.78 is 0. The number of hydrogen-bond acceptors (Lipinski definition) is 2. The minimum Gasteiger partial charge on any atom is -0.481 e. The fourth-order valence-corrected chi connectivity index (χ4v) is 2.06. The fraction of sp³-hybridized carbons (Fsp3) is 0.429. The summed E-state index contributed by atoms with van der Waals surface area (Å²) in [6.45, 7) is 4.05. The van der Waals surface area contributed by atoms with Gasteiger partial charge in [0.15, 0.2) is 0 Å². The van der Waals surface area contributed by atoms with E-state index in [2.05, 4.69) is 10.6 Å². The van der Waals surface area contributed by atoms with Gasteiger partial charge in [0.05, 0.1) is 12.5 Å². The van der Waals surface area contributed by atoms with Crippen LogP contribution in [0, 0.1) is 5.92 Å². The van der Waals surface area contributed by atoms with Gasteiger partial charge in [-0.05, 0) is 17.5 Å². The van der Waals surface area contributed by atoms with Crippen molar-refractivity contribution >= 4 is 23.6 Å². The van der Waals surface area contributed by atoms with Crippen molar-refractivity contribution in [2.45, 2.75) is 26.3 Å². The Labute approximate surface area is 123 Å². The average Bonchev–Trinajstić information content (AvgIpc) is 2.36. The minimum atomic E-state index is -0.947. The molecule has 0 aromatic heterocycles. The Hall–Kier alpha value is -1.75. The maximum atomic E-state index is 11.8. The highest BCUT2D eigenvalue weighted by Crippen LogP contribution is 2.27. The van der Waals surface area contributed by atoms with Gasteiger partial charge in [-0.3, -0.25) is 4.79 Å². The highest BCUT2D eigenvalue weighted by atomic mass is 35.5. The summed E-state index contributed by atoms with van der Waals surface area (Å²) in [6.07, 6.45) is -0.105. The maximum Gasteiger partial charge on any atom is 0.315 e. The summed E-state index contributed by atoms with van der Waals surface area (Å²) in [4.78, 5) is 22.2. The van der Waals surface area contributed by atoms with E-state index in [0.29, 0.717) is 5.02 Å². The summed E-state index contributed by atoms with van der Waals surface area (Å²) in [5.41, 5.74) is 0.845. The fourth-order valence-electron chi connectivity index (χ4n) is 1.81. The molecular formula is C14H19ClN2O3. The third-order valence-corrected chi connectivity index (χ3v) is 3.16. The molecule has 20 heavy (non-hydrogen) atoms. The Morgan fingerprint density at radius 2 is 1.95 bits per heavy atom. The molecule has 0 aliphatic rings. The van der Waals surface area contributed by atoms with Gasteiger partial charge in [-0.2, -0.15) is 0 Å². The van der Waals surface area contributed by atoms with Crippen molar-refractivity contribution in [1.82, 2.24) is 10.6 Å². The molecule has 0 saturated carbocycles. The number of amides is 2. The molecule has 0 saturated heterocycles. The van der Waals surface area contributed by atoms with E-state index < -0.39 is 12.0 Å². The van der Waals surface area contributed by atoms with Crippen LogP contribution in [0.4, 0.5) is 4.79 Å². The lowest BCUT2D eigenvalue weighted by molar-refractivity contribution is -0.136. The van der Waals surface area contributed by atoms with Gasteiger partial charge in [-0.1, -0.05) is 43.6 Å². The molecule has 2 amide bonds. The van der Waals surface area contributed by atoms with Gasteiger partial charge in [0.2, 0.25) is 0 Å². The number of rotatable bonds is 6. The predicted molar refractivity (Wildman–Crippen MR) is 77.8 cm³/mol. The van der Waals surface area contributed by atoms with Crippen LogP contribution in [0.2, 0.25) is 5.02 Å². The first-order chi connectivity index (χ1) is 9.41. The molecule has 0 radical (unpaired) electrons. The van der Waals surface area contributed by atoms with Crippen LogP contribution in [0.3, 0.4) is 0 Å². The number of nitrogens with one attached hydrogen (secondary N) is 2. The van der Waals surface area contributed by atoms with E-state index in [1.54, 1.807) is 6.07 Å². The average molecular weight is 299 g/mol. The van der Waals surface area contributed by atoms with E-state index in [4.69, 9.17) is 16.7 Å². The molecule has 110 valence electrons. The van der Waals surface area contributed by atoms with Gasteiger partial charge in [-0.25, -0.2) is 4.79 Å². The van der Waals surface area contributed by atoms with Gasteiger partial charge in [-0.15, -0.1) is 0 Å². The lowest BCUT2D eigenvalue weighted by Crippen LogP contribution is -2.40. The van der Waals surface area contributed by atoms with Crippen molar-refractivity contribution in [3.63, 3.8) is 0 Å². The number of hydrogen-bond donors (Lipinski definition) is 3. The normalized spacial score (nSPS) is 12.0. The van der Waals surface area contributed by atoms with Gasteiger partial charge >= 0.3 is 12.0 Å². The standard InChI is InChI=1S/C14H19ClN2O3/c1-9(2)13(10-5-3-4-6-11(10)15)17-14(20)16-8-7-12(18)19/h3-6,9,13H,7-8H2,1-2H3,(H,18,19)(H2,16,17,20). The van der Waals surface area contributed by atoms with Crippen LogP contribution >= 0.6 is 11.6 Å². The summed E-state index contributed by atoms with van der Waals surface area (Å²) >= 11 is 6.14. The van der Waals surface area contributed by atoms with Crippen LogP contribution in [0.15, 0.2) is 24.3 Å². The second kappa shape index (κ2) is 7.75. The number of halogens is 1. The highest BCUT2D eigenvalue weighted by molar-refractivity contribution is 6.31. The van der Waals surface area contributed by atoms with E-state index in [0.717, 1.165) is 5.56 Å². The zero-order valence-electron chi connectivity index (χ0n) is 11.5. The summed E-state index contributed by atoms with van der Waals surface area (Å²) in [6, 6.07) is 6.70. The minimum absolute atomic E-state index is 0.0918. The molecule has 5 nitrogen and oxygen atoms in total. The van der Waals surface area contributed by atoms with Crippen LogP contribution in [0.1, 0.15) is 31.9 Å². The SMILES string of the molecule is CC(C)C(NC(=O)NCCC(=O)O)c1ccccc1Cl. The van der Waals surface area contributed by atoms with Gasteiger partial charge in [0, 0.05) is 11.6 Å². The second-order valence-corrected chi connectivity index (χ2v) is 5.19. The molecule has 0 fully saturated rings. The molecule has 0 heterocycles. The third-order valence-electron chi connectivity index (χ3n) is 2.82. The van der Waals surface area contributed by atoms with Gasteiger partial charge in [0.25, 0.3) is 0 Å². The quantitative estimate of drug-likeness (QED) is 0.755. The van der Waals surface area contributed by atoms with E-state index in [-0.39, 0.29) is 24.9 Å². The molecule has 1 rings (SSSR count). The number of carbonyl (C=O) groups is 2. The molecular weight excluding hydrogens is 280 g/mol. The zero-order valence-corrected chi connectivity index (χ0v) is 12.3. The molecule has 1 unspecified atom stereocenters. The van der Waals surface area contributed by atoms with Gasteiger partial charge < -0.3 is 15.7 Å². The Morgan fingerprint density at radius 3 is 2.50 bits per heavy atom. The lowest BCUT2D eigenvalue weighted by Gasteiger charge is -2.24. The van der Waals surface area contributed by atoms with Crippen molar-refractivity contribution in [2.75, 3.05) is 6.54 Å². The molecule has 0 aliphatic heterocycles. The van der Waals surface area contributed by atoms with Crippen molar-refractivity contribution in [1.29, 1.82) is 0 Å². The molecule has 0 bridgehead atoms. The van der Waals surface area contributed by atoms with Crippen LogP contribution < -0.4 is 10.6 Å². The van der Waals surface area contributed by atoms with Crippen molar-refractivity contribution < 1.29 is 14.7 Å². The Kier molecular flexibility index (Phi) is 6.31. The van der Waals surface area contributed by atoms with E-state index in [1.165, 1.54) is 0 Å². The molecule has 0 spiro atoms. The second-order valence-electron chi connectivity index (χ2n) is 4.79. The smallest absolute Gasteiger partial charge is 0.315 e. The van der Waals surface area contributed by atoms with Gasteiger partial charge in [0.1, 0.15) is 0 Å². The number of carbonyl (C=O) groups excluding carboxylic acids is 1. The number of benzene rings is 1. The third kappa shape index (κ3) is 5.09. The number of urea groups is 1. The number of carboxylic acids is 1. The van der Waals surface area contributed by atoms with E-state index in [9.17, 15) is 9.59 Å². The zero-order chi connectivity index (χ0) is 15.1. The summed E-state index contributed by atoms with van der Waals surface area (Å²) in [5.74, 6) is -0.795. The molecule has 1 aromatic carbocycles. The van der Waals surface area contributed by atoms with Crippen LogP contribution in [0.25, 0.3) is 0 Å². The first kappa shape index (κ1) is 16.3. The molecule has 0 aliphatic carbocycles.